The van der Waals surface area contributed by atoms with Gasteiger partial charge in [-0.15, -0.1) is 11.8 Å². The van der Waals surface area contributed by atoms with Gasteiger partial charge >= 0.3 is 11.7 Å². The van der Waals surface area contributed by atoms with Gasteiger partial charge in [0.25, 0.3) is 5.91 Å². The van der Waals surface area contributed by atoms with E-state index in [1.54, 1.807) is 6.26 Å². The van der Waals surface area contributed by atoms with E-state index in [-0.39, 0.29) is 16.3 Å². The third-order valence-corrected chi connectivity index (χ3v) is 3.20. The summed E-state index contributed by atoms with van der Waals surface area (Å²) in [5.41, 5.74) is 4.63. The number of nitrogens with one attached hydrogen (secondary N) is 2. The van der Waals surface area contributed by atoms with Crippen molar-refractivity contribution in [3.63, 3.8) is 0 Å². The summed E-state index contributed by atoms with van der Waals surface area (Å²) in [5.74, 6) is -3.00. The summed E-state index contributed by atoms with van der Waals surface area (Å²) in [6.45, 7) is 1.49. The number of amides is 2. The van der Waals surface area contributed by atoms with Crippen LogP contribution >= 0.6 is 11.8 Å². The summed E-state index contributed by atoms with van der Waals surface area (Å²) in [4.78, 5) is 51.2. The van der Waals surface area contributed by atoms with Crippen LogP contribution in [0.1, 0.15) is 22.5 Å². The molecule has 0 saturated heterocycles. The van der Waals surface area contributed by atoms with E-state index in [4.69, 9.17) is 10.8 Å². The van der Waals surface area contributed by atoms with Gasteiger partial charge in [0.2, 0.25) is 5.91 Å². The molecule has 1 unspecified atom stereocenters. The molecule has 9 nitrogen and oxygen atoms in total. The highest BCUT2D eigenvalue weighted by Gasteiger charge is 2.25. The average molecular weight is 314 g/mol. The molecular weight excluding hydrogens is 300 g/mol. The van der Waals surface area contributed by atoms with Crippen LogP contribution in [-0.4, -0.2) is 45.2 Å². The van der Waals surface area contributed by atoms with Gasteiger partial charge in [-0.05, 0) is 13.2 Å². The lowest BCUT2D eigenvalue weighted by atomic mass is 10.1. The first-order valence-electron chi connectivity index (χ1n) is 5.73. The summed E-state index contributed by atoms with van der Waals surface area (Å²) in [6.07, 6.45) is 1.08. The molecule has 1 aromatic heterocycles. The number of nitrogens with two attached hydrogens (primary N) is 1. The normalized spacial score (nSPS) is 11.7. The second-order valence-electron chi connectivity index (χ2n) is 4.09. The summed E-state index contributed by atoms with van der Waals surface area (Å²) in [6, 6.07) is -1.45. The molecular formula is C11H14N4O5S. The first-order chi connectivity index (χ1) is 9.76. The number of nitrogens with zero attached hydrogens (tertiary/aromatic N) is 1. The second-order valence-corrected chi connectivity index (χ2v) is 4.88. The molecule has 1 aromatic rings. The second kappa shape index (κ2) is 6.88. The van der Waals surface area contributed by atoms with Crippen LogP contribution in [0.4, 0.5) is 0 Å². The molecule has 0 fully saturated rings. The lowest BCUT2D eigenvalue weighted by Gasteiger charge is -2.15. The minimum absolute atomic E-state index is 0.0535. The number of carbonyl (C=O) groups is 3. The number of carbonyl (C=O) groups excluding carboxylic acids is 2. The van der Waals surface area contributed by atoms with Gasteiger partial charge in [0, 0.05) is 5.69 Å². The molecule has 0 spiro atoms. The van der Waals surface area contributed by atoms with Crippen molar-refractivity contribution in [3.8, 4) is 0 Å². The van der Waals surface area contributed by atoms with E-state index in [9.17, 15) is 19.2 Å². The third-order valence-electron chi connectivity index (χ3n) is 2.52. The number of primary amides is 1. The standard InChI is InChI=1S/C11H14N4O5S/c1-4-7(9(21-2)15-11(20)13-4)8(17)14-5(10(18)19)3-6(12)16/h5H,3H2,1-2H3,(H2,12,16)(H,14,17)(H,18,19)(H,13,15,20). The minimum Gasteiger partial charge on any atom is -0.480 e. The van der Waals surface area contributed by atoms with Crippen LogP contribution in [-0.2, 0) is 9.59 Å². The Morgan fingerprint density at radius 1 is 1.48 bits per heavy atom. The SMILES string of the molecule is CSc1nc(=O)[nH]c(C)c1C(=O)NC(CC(N)=O)C(=O)O. The third kappa shape index (κ3) is 4.31. The molecule has 21 heavy (non-hydrogen) atoms. The van der Waals surface area contributed by atoms with Gasteiger partial charge in [-0.2, -0.15) is 4.98 Å². The first-order valence-corrected chi connectivity index (χ1v) is 6.95. The van der Waals surface area contributed by atoms with Crippen LogP contribution in [0.2, 0.25) is 0 Å². The molecule has 0 aliphatic heterocycles. The summed E-state index contributed by atoms with van der Waals surface area (Å²) >= 11 is 1.07. The Kier molecular flexibility index (Phi) is 5.47. The van der Waals surface area contributed by atoms with E-state index in [1.165, 1.54) is 6.92 Å². The molecule has 0 aliphatic rings. The minimum atomic E-state index is -1.45. The maximum absolute atomic E-state index is 12.2. The maximum atomic E-state index is 12.2. The van der Waals surface area contributed by atoms with E-state index in [0.29, 0.717) is 0 Å². The number of thioether (sulfide) groups is 1. The molecule has 0 aromatic carbocycles. The molecule has 2 amide bonds. The van der Waals surface area contributed by atoms with Gasteiger partial charge in [0.1, 0.15) is 11.1 Å². The van der Waals surface area contributed by atoms with Gasteiger partial charge in [0.05, 0.1) is 12.0 Å². The Morgan fingerprint density at radius 3 is 2.57 bits per heavy atom. The van der Waals surface area contributed by atoms with Crippen molar-refractivity contribution in [2.45, 2.75) is 24.4 Å². The van der Waals surface area contributed by atoms with Crippen LogP contribution in [0.5, 0.6) is 0 Å². The number of hydrogen-bond acceptors (Lipinski definition) is 6. The average Bonchev–Trinajstić information content (AvgIpc) is 2.35. The van der Waals surface area contributed by atoms with Crippen molar-refractivity contribution < 1.29 is 19.5 Å². The highest BCUT2D eigenvalue weighted by Crippen LogP contribution is 2.18. The van der Waals surface area contributed by atoms with Crippen molar-refractivity contribution in [2.75, 3.05) is 6.26 Å². The number of hydrogen-bond donors (Lipinski definition) is 4. The van der Waals surface area contributed by atoms with Crippen LogP contribution in [0, 0.1) is 6.92 Å². The number of aliphatic carboxylic acids is 1. The molecule has 0 radical (unpaired) electrons. The smallest absolute Gasteiger partial charge is 0.346 e. The van der Waals surface area contributed by atoms with Gasteiger partial charge in [-0.3, -0.25) is 9.59 Å². The number of carboxylic acid groups (broad SMARTS) is 1. The number of carboxylic acids is 1. The Balaban J connectivity index is 3.11. The molecule has 1 atom stereocenters. The van der Waals surface area contributed by atoms with E-state index in [2.05, 4.69) is 15.3 Å². The Morgan fingerprint density at radius 2 is 2.10 bits per heavy atom. The number of H-pyrrole nitrogens is 1. The molecule has 0 saturated carbocycles. The zero-order valence-corrected chi connectivity index (χ0v) is 12.1. The highest BCUT2D eigenvalue weighted by molar-refractivity contribution is 7.98. The maximum Gasteiger partial charge on any atom is 0.346 e. The first kappa shape index (κ1) is 16.7. The van der Waals surface area contributed by atoms with Gasteiger partial charge in [-0.25, -0.2) is 9.59 Å². The molecule has 114 valence electrons. The predicted molar refractivity (Wildman–Crippen MR) is 74.1 cm³/mol. The number of aromatic nitrogens is 2. The molecule has 10 heteroatoms. The van der Waals surface area contributed by atoms with Crippen LogP contribution < -0.4 is 16.7 Å². The quantitative estimate of drug-likeness (QED) is 0.382. The zero-order chi connectivity index (χ0) is 16.2. The summed E-state index contributed by atoms with van der Waals surface area (Å²) in [7, 11) is 0. The number of rotatable bonds is 6. The van der Waals surface area contributed by atoms with Crippen LogP contribution in [0.3, 0.4) is 0 Å². The molecule has 0 bridgehead atoms. The van der Waals surface area contributed by atoms with Crippen molar-refractivity contribution in [2.24, 2.45) is 5.73 Å². The number of aryl methyl sites for hydroxylation is 1. The lowest BCUT2D eigenvalue weighted by Crippen LogP contribution is -2.44. The fourth-order valence-electron chi connectivity index (χ4n) is 1.61. The Labute approximate surface area is 123 Å². The molecule has 0 aliphatic carbocycles. The predicted octanol–water partition coefficient (Wildman–Crippen LogP) is -1.14. The van der Waals surface area contributed by atoms with E-state index in [1.807, 2.05) is 0 Å². The van der Waals surface area contributed by atoms with Crippen molar-refractivity contribution in [1.82, 2.24) is 15.3 Å². The topological polar surface area (TPSA) is 155 Å². The fraction of sp³-hybridized carbons (Fsp3) is 0.364. The fourth-order valence-corrected chi connectivity index (χ4v) is 2.23. The van der Waals surface area contributed by atoms with Crippen molar-refractivity contribution >= 4 is 29.5 Å². The Hall–Kier alpha value is -2.36. The highest BCUT2D eigenvalue weighted by atomic mass is 32.2. The monoisotopic (exact) mass is 314 g/mol. The molecule has 1 heterocycles. The van der Waals surface area contributed by atoms with Crippen LogP contribution in [0.15, 0.2) is 9.82 Å². The van der Waals surface area contributed by atoms with Crippen molar-refractivity contribution in [3.05, 3.63) is 21.7 Å². The van der Waals surface area contributed by atoms with E-state index < -0.39 is 35.9 Å². The molecule has 5 N–H and O–H groups in total. The van der Waals surface area contributed by atoms with E-state index in [0.717, 1.165) is 11.8 Å². The van der Waals surface area contributed by atoms with E-state index >= 15 is 0 Å². The largest absolute Gasteiger partial charge is 0.480 e. The van der Waals surface area contributed by atoms with Crippen LogP contribution in [0.25, 0.3) is 0 Å². The number of aromatic amines is 1. The summed E-state index contributed by atoms with van der Waals surface area (Å²) in [5, 5.41) is 11.3. The van der Waals surface area contributed by atoms with Gasteiger partial charge in [0.15, 0.2) is 0 Å². The van der Waals surface area contributed by atoms with Gasteiger partial charge in [-0.1, -0.05) is 0 Å². The zero-order valence-electron chi connectivity index (χ0n) is 11.3. The lowest BCUT2D eigenvalue weighted by molar-refractivity contribution is -0.140. The van der Waals surface area contributed by atoms with Gasteiger partial charge < -0.3 is 21.1 Å². The van der Waals surface area contributed by atoms with Crippen molar-refractivity contribution in [1.29, 1.82) is 0 Å². The Bertz CT molecular complexity index is 642. The summed E-state index contributed by atoms with van der Waals surface area (Å²) < 4.78 is 0. The molecule has 1 rings (SSSR count).